The molecular formula is C13H17N3O4. The summed E-state index contributed by atoms with van der Waals surface area (Å²) in [4.78, 5) is 23.9. The van der Waals surface area contributed by atoms with Crippen molar-refractivity contribution in [3.63, 3.8) is 0 Å². The molecule has 0 aromatic heterocycles. The van der Waals surface area contributed by atoms with E-state index in [0.717, 1.165) is 0 Å². The molecule has 1 unspecified atom stereocenters. The molecule has 2 rings (SSSR count). The summed E-state index contributed by atoms with van der Waals surface area (Å²) in [6.45, 7) is 3.75. The fourth-order valence-corrected chi connectivity index (χ4v) is 2.06. The minimum Gasteiger partial charge on any atom is -0.376 e. The number of nitro groups is 1. The van der Waals surface area contributed by atoms with Crippen molar-refractivity contribution in [2.45, 2.75) is 13.0 Å². The molecule has 1 aromatic carbocycles. The van der Waals surface area contributed by atoms with Crippen LogP contribution in [0.5, 0.6) is 0 Å². The molecule has 1 atom stereocenters. The highest BCUT2D eigenvalue weighted by atomic mass is 16.6. The van der Waals surface area contributed by atoms with Gasteiger partial charge in [-0.25, -0.2) is 0 Å². The Kier molecular flexibility index (Phi) is 4.52. The summed E-state index contributed by atoms with van der Waals surface area (Å²) in [6.07, 6.45) is 0.0468. The maximum atomic E-state index is 12.0. The van der Waals surface area contributed by atoms with Gasteiger partial charge < -0.3 is 15.0 Å². The Morgan fingerprint density at radius 3 is 3.10 bits per heavy atom. The first-order valence-electron chi connectivity index (χ1n) is 6.44. The topological polar surface area (TPSA) is 84.7 Å². The fraction of sp³-hybridized carbons (Fsp3) is 0.462. The average molecular weight is 279 g/mol. The number of nitrogens with zero attached hydrogens (tertiary/aromatic N) is 2. The lowest BCUT2D eigenvalue weighted by molar-refractivity contribution is -0.384. The van der Waals surface area contributed by atoms with Gasteiger partial charge in [0.1, 0.15) is 0 Å². The zero-order chi connectivity index (χ0) is 14.5. The van der Waals surface area contributed by atoms with E-state index in [2.05, 4.69) is 5.32 Å². The standard InChI is InChI=1S/C13H17N3O4/c1-10-9-15(5-6-20-10)13(17)8-14-11-3-2-4-12(7-11)16(18)19/h2-4,7,10,14H,5-6,8-9H2,1H3. The predicted octanol–water partition coefficient (Wildman–Crippen LogP) is 1.25. The van der Waals surface area contributed by atoms with Gasteiger partial charge in [-0.1, -0.05) is 6.07 Å². The Labute approximate surface area is 116 Å². The molecule has 0 saturated carbocycles. The van der Waals surface area contributed by atoms with E-state index in [1.54, 1.807) is 17.0 Å². The van der Waals surface area contributed by atoms with Crippen LogP contribution in [0.25, 0.3) is 0 Å². The number of non-ortho nitro benzene ring substituents is 1. The Morgan fingerprint density at radius 1 is 1.60 bits per heavy atom. The van der Waals surface area contributed by atoms with Gasteiger partial charge in [0.25, 0.3) is 5.69 Å². The quantitative estimate of drug-likeness (QED) is 0.662. The molecule has 0 aliphatic carbocycles. The maximum Gasteiger partial charge on any atom is 0.271 e. The molecule has 1 heterocycles. The van der Waals surface area contributed by atoms with Crippen molar-refractivity contribution in [1.29, 1.82) is 0 Å². The zero-order valence-corrected chi connectivity index (χ0v) is 11.2. The van der Waals surface area contributed by atoms with Crippen LogP contribution in [-0.2, 0) is 9.53 Å². The predicted molar refractivity (Wildman–Crippen MR) is 73.6 cm³/mol. The molecule has 1 fully saturated rings. The largest absolute Gasteiger partial charge is 0.376 e. The Balaban J connectivity index is 1.89. The first-order valence-corrected chi connectivity index (χ1v) is 6.44. The number of nitro benzene ring substituents is 1. The van der Waals surface area contributed by atoms with Crippen molar-refractivity contribution in [2.24, 2.45) is 0 Å². The number of rotatable bonds is 4. The van der Waals surface area contributed by atoms with Gasteiger partial charge in [-0.3, -0.25) is 14.9 Å². The van der Waals surface area contributed by atoms with Crippen LogP contribution in [-0.4, -0.2) is 48.1 Å². The van der Waals surface area contributed by atoms with Gasteiger partial charge >= 0.3 is 0 Å². The number of morpholine rings is 1. The fourth-order valence-electron chi connectivity index (χ4n) is 2.06. The molecule has 7 nitrogen and oxygen atoms in total. The highest BCUT2D eigenvalue weighted by Gasteiger charge is 2.20. The number of carbonyl (C=O) groups excluding carboxylic acids is 1. The van der Waals surface area contributed by atoms with E-state index >= 15 is 0 Å². The molecular weight excluding hydrogens is 262 g/mol. The molecule has 1 amide bonds. The van der Waals surface area contributed by atoms with Crippen LogP contribution in [0.1, 0.15) is 6.92 Å². The first kappa shape index (κ1) is 14.3. The van der Waals surface area contributed by atoms with E-state index in [9.17, 15) is 14.9 Å². The number of amides is 1. The van der Waals surface area contributed by atoms with Crippen LogP contribution in [0, 0.1) is 10.1 Å². The number of carbonyl (C=O) groups is 1. The molecule has 1 aliphatic rings. The van der Waals surface area contributed by atoms with Gasteiger partial charge in [-0.05, 0) is 13.0 Å². The molecule has 1 N–H and O–H groups in total. The number of anilines is 1. The van der Waals surface area contributed by atoms with E-state index in [0.29, 0.717) is 25.4 Å². The Bertz CT molecular complexity index is 506. The molecule has 1 aliphatic heterocycles. The van der Waals surface area contributed by atoms with Gasteiger partial charge in [-0.2, -0.15) is 0 Å². The lowest BCUT2D eigenvalue weighted by atomic mass is 10.2. The molecule has 0 bridgehead atoms. The SMILES string of the molecule is CC1CN(C(=O)CNc2cccc([N+](=O)[O-])c2)CCO1. The van der Waals surface area contributed by atoms with Crippen LogP contribution in [0.15, 0.2) is 24.3 Å². The summed E-state index contributed by atoms with van der Waals surface area (Å²) in [7, 11) is 0. The van der Waals surface area contributed by atoms with Crippen molar-refractivity contribution < 1.29 is 14.5 Å². The summed E-state index contributed by atoms with van der Waals surface area (Å²) in [6, 6.07) is 6.11. The third-order valence-electron chi connectivity index (χ3n) is 3.09. The molecule has 0 spiro atoms. The monoisotopic (exact) mass is 279 g/mol. The normalized spacial score (nSPS) is 18.6. The molecule has 20 heavy (non-hydrogen) atoms. The molecule has 0 radical (unpaired) electrons. The first-order chi connectivity index (χ1) is 9.56. The van der Waals surface area contributed by atoms with E-state index < -0.39 is 4.92 Å². The Morgan fingerprint density at radius 2 is 2.40 bits per heavy atom. The smallest absolute Gasteiger partial charge is 0.271 e. The van der Waals surface area contributed by atoms with Crippen LogP contribution < -0.4 is 5.32 Å². The number of ether oxygens (including phenoxy) is 1. The van der Waals surface area contributed by atoms with Crippen LogP contribution >= 0.6 is 0 Å². The summed E-state index contributed by atoms with van der Waals surface area (Å²) >= 11 is 0. The minimum absolute atomic E-state index is 0.00226. The summed E-state index contributed by atoms with van der Waals surface area (Å²) in [5.41, 5.74) is 0.566. The van der Waals surface area contributed by atoms with Crippen molar-refractivity contribution in [2.75, 3.05) is 31.6 Å². The third kappa shape index (κ3) is 3.67. The second-order valence-corrected chi connectivity index (χ2v) is 4.68. The van der Waals surface area contributed by atoms with Crippen LogP contribution in [0.2, 0.25) is 0 Å². The number of benzene rings is 1. The van der Waals surface area contributed by atoms with Crippen molar-refractivity contribution in [3.05, 3.63) is 34.4 Å². The highest BCUT2D eigenvalue weighted by molar-refractivity contribution is 5.81. The molecule has 7 heteroatoms. The van der Waals surface area contributed by atoms with Gasteiger partial charge in [0.05, 0.1) is 24.2 Å². The van der Waals surface area contributed by atoms with Crippen molar-refractivity contribution in [1.82, 2.24) is 4.90 Å². The summed E-state index contributed by atoms with van der Waals surface area (Å²) < 4.78 is 5.37. The van der Waals surface area contributed by atoms with Gasteiger partial charge in [0.2, 0.25) is 5.91 Å². The maximum absolute atomic E-state index is 12.0. The van der Waals surface area contributed by atoms with E-state index in [-0.39, 0.29) is 24.2 Å². The minimum atomic E-state index is -0.462. The van der Waals surface area contributed by atoms with Gasteiger partial charge in [0.15, 0.2) is 0 Å². The van der Waals surface area contributed by atoms with Gasteiger partial charge in [-0.15, -0.1) is 0 Å². The highest BCUT2D eigenvalue weighted by Crippen LogP contribution is 2.16. The van der Waals surface area contributed by atoms with E-state index in [1.807, 2.05) is 6.92 Å². The van der Waals surface area contributed by atoms with Crippen LogP contribution in [0.4, 0.5) is 11.4 Å². The van der Waals surface area contributed by atoms with Crippen molar-refractivity contribution in [3.8, 4) is 0 Å². The van der Waals surface area contributed by atoms with E-state index in [4.69, 9.17) is 4.74 Å². The third-order valence-corrected chi connectivity index (χ3v) is 3.09. The summed E-state index contributed by atoms with van der Waals surface area (Å²) in [5.74, 6) is -0.0355. The Hall–Kier alpha value is -2.15. The number of hydrogen-bond acceptors (Lipinski definition) is 5. The lowest BCUT2D eigenvalue weighted by Gasteiger charge is -2.31. The average Bonchev–Trinajstić information content (AvgIpc) is 2.45. The van der Waals surface area contributed by atoms with E-state index in [1.165, 1.54) is 12.1 Å². The zero-order valence-electron chi connectivity index (χ0n) is 11.2. The molecule has 1 saturated heterocycles. The van der Waals surface area contributed by atoms with Crippen LogP contribution in [0.3, 0.4) is 0 Å². The van der Waals surface area contributed by atoms with Crippen molar-refractivity contribution >= 4 is 17.3 Å². The lowest BCUT2D eigenvalue weighted by Crippen LogP contribution is -2.46. The molecule has 108 valence electrons. The second-order valence-electron chi connectivity index (χ2n) is 4.68. The number of nitrogens with one attached hydrogen (secondary N) is 1. The number of hydrogen-bond donors (Lipinski definition) is 1. The van der Waals surface area contributed by atoms with Gasteiger partial charge in [0, 0.05) is 30.9 Å². The second kappa shape index (κ2) is 6.33. The molecule has 1 aromatic rings. The summed E-state index contributed by atoms with van der Waals surface area (Å²) in [5, 5.41) is 13.6.